The molecule has 0 saturated heterocycles. The zero-order chi connectivity index (χ0) is 17.8. The number of halogens is 2. The Balaban J connectivity index is 0.00000243. The highest BCUT2D eigenvalue weighted by Crippen LogP contribution is 2.30. The number of carbonyl (C=O) groups excluding carboxylic acids is 1. The van der Waals surface area contributed by atoms with Crippen LogP contribution in [0.5, 0.6) is 5.75 Å². The van der Waals surface area contributed by atoms with Gasteiger partial charge in [-0.15, -0.1) is 0 Å². The lowest BCUT2D eigenvalue weighted by molar-refractivity contribution is -0.672. The minimum atomic E-state index is -0.536. The maximum Gasteiger partial charge on any atom is 0.339 e. The Morgan fingerprint density at radius 2 is 1.96 bits per heavy atom. The first-order valence-electron chi connectivity index (χ1n) is 7.51. The standard InChI is InChI=1S/C18H15ClN4O2.ClH/c1-23-10-4-7-16(24)15(23)11-20-22-18(25)21-14-9-8-12-5-2-3-6-13(12)17(14)19;/h2-11H,1H3,(H2,21,24,25);1H. The van der Waals surface area contributed by atoms with Crippen molar-refractivity contribution in [1.29, 1.82) is 0 Å². The number of fused-ring (bicyclic) bond motifs is 1. The van der Waals surface area contributed by atoms with E-state index < -0.39 is 6.03 Å². The number of nitrogens with zero attached hydrogens (tertiary/aromatic N) is 2. The van der Waals surface area contributed by atoms with Crippen molar-refractivity contribution in [2.24, 2.45) is 12.1 Å². The lowest BCUT2D eigenvalue weighted by Gasteiger charge is -2.09. The summed E-state index contributed by atoms with van der Waals surface area (Å²) in [5.41, 5.74) is 3.30. The van der Waals surface area contributed by atoms with Gasteiger partial charge in [-0.05, 0) is 17.5 Å². The molecular formula is C18H16Cl2N4O2. The largest absolute Gasteiger partial charge is 1.00 e. The fourth-order valence-corrected chi connectivity index (χ4v) is 2.68. The van der Waals surface area contributed by atoms with Crippen molar-refractivity contribution in [3.05, 3.63) is 65.4 Å². The van der Waals surface area contributed by atoms with Crippen LogP contribution in [0.25, 0.3) is 10.8 Å². The summed E-state index contributed by atoms with van der Waals surface area (Å²) < 4.78 is 1.68. The monoisotopic (exact) mass is 390 g/mol. The van der Waals surface area contributed by atoms with Gasteiger partial charge in [-0.3, -0.25) is 0 Å². The molecule has 3 N–H and O–H groups in total. The first-order valence-corrected chi connectivity index (χ1v) is 7.89. The second kappa shape index (κ2) is 8.51. The van der Waals surface area contributed by atoms with Crippen LogP contribution in [-0.2, 0) is 7.05 Å². The van der Waals surface area contributed by atoms with Crippen molar-refractivity contribution in [2.45, 2.75) is 0 Å². The van der Waals surface area contributed by atoms with Crippen molar-refractivity contribution >= 4 is 40.3 Å². The van der Waals surface area contributed by atoms with Gasteiger partial charge >= 0.3 is 6.03 Å². The number of aromatic hydroxyl groups is 1. The van der Waals surface area contributed by atoms with E-state index in [1.54, 1.807) is 29.9 Å². The number of hydrogen-bond acceptors (Lipinski definition) is 3. The quantitative estimate of drug-likeness (QED) is 0.339. The fraction of sp³-hybridized carbons (Fsp3) is 0.0556. The molecule has 134 valence electrons. The third-order valence-electron chi connectivity index (χ3n) is 3.67. The fourth-order valence-electron chi connectivity index (χ4n) is 2.40. The van der Waals surface area contributed by atoms with Gasteiger partial charge in [0.15, 0.2) is 11.9 Å². The third kappa shape index (κ3) is 4.22. The van der Waals surface area contributed by atoms with Crippen LogP contribution >= 0.6 is 11.6 Å². The van der Waals surface area contributed by atoms with E-state index >= 15 is 0 Å². The molecular weight excluding hydrogens is 375 g/mol. The lowest BCUT2D eigenvalue weighted by Crippen LogP contribution is -3.00. The van der Waals surface area contributed by atoms with E-state index in [2.05, 4.69) is 15.8 Å². The number of carbonyl (C=O) groups is 1. The minimum Gasteiger partial charge on any atom is -1.00 e. The van der Waals surface area contributed by atoms with Crippen LogP contribution in [0.2, 0.25) is 5.02 Å². The molecule has 0 saturated carbocycles. The number of amides is 2. The minimum absolute atomic E-state index is 0. The van der Waals surface area contributed by atoms with Gasteiger partial charge in [0.1, 0.15) is 13.3 Å². The van der Waals surface area contributed by atoms with E-state index in [1.165, 1.54) is 12.3 Å². The van der Waals surface area contributed by atoms with Crippen molar-refractivity contribution in [3.63, 3.8) is 0 Å². The number of hydrogen-bond donors (Lipinski definition) is 3. The van der Waals surface area contributed by atoms with Crippen molar-refractivity contribution < 1.29 is 26.9 Å². The summed E-state index contributed by atoms with van der Waals surface area (Å²) in [7, 11) is 1.76. The Morgan fingerprint density at radius 3 is 2.73 bits per heavy atom. The van der Waals surface area contributed by atoms with E-state index in [0.29, 0.717) is 16.4 Å². The van der Waals surface area contributed by atoms with Crippen LogP contribution in [0.3, 0.4) is 0 Å². The van der Waals surface area contributed by atoms with E-state index in [0.717, 1.165) is 10.8 Å². The number of urea groups is 1. The summed E-state index contributed by atoms with van der Waals surface area (Å²) in [5.74, 6) is 0.0635. The van der Waals surface area contributed by atoms with Crippen LogP contribution in [0.4, 0.5) is 10.5 Å². The van der Waals surface area contributed by atoms with Gasteiger partial charge in [0.05, 0.1) is 10.7 Å². The number of benzene rings is 2. The van der Waals surface area contributed by atoms with Crippen LogP contribution in [0, 0.1) is 0 Å². The summed E-state index contributed by atoms with van der Waals surface area (Å²) in [6, 6.07) is 14.0. The summed E-state index contributed by atoms with van der Waals surface area (Å²) >= 11 is 6.34. The first kappa shape index (κ1) is 19.5. The molecule has 0 spiro atoms. The van der Waals surface area contributed by atoms with Gasteiger partial charge in [-0.25, -0.2) is 10.2 Å². The molecule has 26 heavy (non-hydrogen) atoms. The molecule has 6 nitrogen and oxygen atoms in total. The molecule has 2 aromatic carbocycles. The maximum absolute atomic E-state index is 12.0. The van der Waals surface area contributed by atoms with Crippen LogP contribution in [0.15, 0.2) is 59.8 Å². The molecule has 8 heteroatoms. The Kier molecular flexibility index (Phi) is 6.38. The van der Waals surface area contributed by atoms with Crippen molar-refractivity contribution in [2.75, 3.05) is 5.32 Å². The number of anilines is 1. The van der Waals surface area contributed by atoms with Crippen LogP contribution in [0.1, 0.15) is 5.69 Å². The van der Waals surface area contributed by atoms with E-state index in [9.17, 15) is 9.90 Å². The first-order chi connectivity index (χ1) is 12.1. The molecule has 1 aromatic heterocycles. The smallest absolute Gasteiger partial charge is 0.339 e. The summed E-state index contributed by atoms with van der Waals surface area (Å²) in [6.07, 6.45) is 3.12. The SMILES string of the molecule is C[n+]1cccc(O)c1C=NNC(=O)Nc1ccc2ccccc2c1Cl.[Cl-]. The van der Waals surface area contributed by atoms with Gasteiger partial charge in [0.25, 0.3) is 5.69 Å². The van der Waals surface area contributed by atoms with Gasteiger partial charge in [0, 0.05) is 11.5 Å². The predicted molar refractivity (Wildman–Crippen MR) is 98.0 cm³/mol. The molecule has 1 heterocycles. The average Bonchev–Trinajstić information content (AvgIpc) is 2.60. The van der Waals surface area contributed by atoms with Crippen LogP contribution in [-0.4, -0.2) is 17.4 Å². The maximum atomic E-state index is 12.0. The van der Waals surface area contributed by atoms with Gasteiger partial charge in [0.2, 0.25) is 0 Å². The van der Waals surface area contributed by atoms with E-state index in [1.807, 2.05) is 30.3 Å². The summed E-state index contributed by atoms with van der Waals surface area (Å²) in [5, 5.41) is 18.6. The van der Waals surface area contributed by atoms with Gasteiger partial charge < -0.3 is 22.8 Å². The zero-order valence-electron chi connectivity index (χ0n) is 13.8. The highest BCUT2D eigenvalue weighted by atomic mass is 35.5. The molecule has 0 aliphatic carbocycles. The zero-order valence-corrected chi connectivity index (χ0v) is 15.3. The number of aromatic nitrogens is 1. The molecule has 0 bridgehead atoms. The number of pyridine rings is 1. The highest BCUT2D eigenvalue weighted by Gasteiger charge is 2.10. The lowest BCUT2D eigenvalue weighted by atomic mass is 10.1. The second-order valence-electron chi connectivity index (χ2n) is 5.36. The molecule has 0 aliphatic heterocycles. The van der Waals surface area contributed by atoms with E-state index in [-0.39, 0.29) is 18.2 Å². The van der Waals surface area contributed by atoms with Crippen molar-refractivity contribution in [3.8, 4) is 5.75 Å². The molecule has 0 fully saturated rings. The number of hydrazone groups is 1. The summed E-state index contributed by atoms with van der Waals surface area (Å²) in [4.78, 5) is 12.0. The summed E-state index contributed by atoms with van der Waals surface area (Å²) in [6.45, 7) is 0. The highest BCUT2D eigenvalue weighted by molar-refractivity contribution is 6.38. The predicted octanol–water partition coefficient (Wildman–Crippen LogP) is 0.183. The molecule has 0 aliphatic rings. The van der Waals surface area contributed by atoms with Gasteiger partial charge in [-0.1, -0.05) is 41.9 Å². The molecule has 0 unspecified atom stereocenters. The molecule has 2 amide bonds. The Bertz CT molecular complexity index is 956. The number of aryl methyl sites for hydroxylation is 1. The molecule has 3 aromatic rings. The van der Waals surface area contributed by atoms with Crippen molar-refractivity contribution in [1.82, 2.24) is 5.43 Å². The topological polar surface area (TPSA) is 77.6 Å². The number of nitrogens with one attached hydrogen (secondary N) is 2. The van der Waals surface area contributed by atoms with E-state index in [4.69, 9.17) is 11.6 Å². The molecule has 0 atom stereocenters. The Labute approximate surface area is 161 Å². The second-order valence-corrected chi connectivity index (χ2v) is 5.74. The van der Waals surface area contributed by atoms with Crippen LogP contribution < -0.4 is 27.7 Å². The molecule has 0 radical (unpaired) electrons. The Morgan fingerprint density at radius 1 is 1.19 bits per heavy atom. The normalized spacial score (nSPS) is 10.5. The third-order valence-corrected chi connectivity index (χ3v) is 4.08. The van der Waals surface area contributed by atoms with Gasteiger partial charge in [-0.2, -0.15) is 9.67 Å². The Hall–Kier alpha value is -2.83. The molecule has 3 rings (SSSR count). The average molecular weight is 391 g/mol. The number of rotatable bonds is 3.